The van der Waals surface area contributed by atoms with Gasteiger partial charge in [-0.05, 0) is 24.3 Å². The molecule has 0 saturated heterocycles. The summed E-state index contributed by atoms with van der Waals surface area (Å²) in [5, 5.41) is 13.6. The number of aromatic nitrogens is 2. The SMILES string of the molecule is CC(=O)N(c1nnc(SCC(=O)NCc2cccs2)s1)C1CC1. The molecular weight excluding hydrogens is 352 g/mol. The number of nitrogens with zero attached hydrogens (tertiary/aromatic N) is 3. The Morgan fingerprint density at radius 3 is 2.91 bits per heavy atom. The van der Waals surface area contributed by atoms with E-state index >= 15 is 0 Å². The van der Waals surface area contributed by atoms with Crippen molar-refractivity contribution in [2.75, 3.05) is 10.7 Å². The Morgan fingerprint density at radius 2 is 2.26 bits per heavy atom. The summed E-state index contributed by atoms with van der Waals surface area (Å²) in [6.45, 7) is 2.10. The highest BCUT2D eigenvalue weighted by atomic mass is 32.2. The topological polar surface area (TPSA) is 75.2 Å². The van der Waals surface area contributed by atoms with Gasteiger partial charge in [-0.2, -0.15) is 0 Å². The fourth-order valence-corrected chi connectivity index (χ4v) is 4.45. The molecule has 1 N–H and O–H groups in total. The zero-order chi connectivity index (χ0) is 16.2. The van der Waals surface area contributed by atoms with Gasteiger partial charge in [-0.1, -0.05) is 29.2 Å². The van der Waals surface area contributed by atoms with Crippen molar-refractivity contribution in [3.05, 3.63) is 22.4 Å². The predicted octanol–water partition coefficient (Wildman–Crippen LogP) is 2.52. The number of hydrogen-bond donors (Lipinski definition) is 1. The van der Waals surface area contributed by atoms with Gasteiger partial charge in [0.1, 0.15) is 0 Å². The quantitative estimate of drug-likeness (QED) is 0.600. The van der Waals surface area contributed by atoms with Crippen molar-refractivity contribution in [3.63, 3.8) is 0 Å². The van der Waals surface area contributed by atoms with E-state index in [1.165, 1.54) is 23.1 Å². The van der Waals surface area contributed by atoms with Crippen LogP contribution in [0.5, 0.6) is 0 Å². The third-order valence-electron chi connectivity index (χ3n) is 3.22. The number of carbonyl (C=O) groups is 2. The van der Waals surface area contributed by atoms with E-state index in [4.69, 9.17) is 0 Å². The Labute approximate surface area is 146 Å². The molecule has 0 atom stereocenters. The second-order valence-corrected chi connectivity index (χ2v) is 8.33. The number of thioether (sulfide) groups is 1. The van der Waals surface area contributed by atoms with Crippen LogP contribution >= 0.6 is 34.4 Å². The van der Waals surface area contributed by atoms with E-state index in [9.17, 15) is 9.59 Å². The van der Waals surface area contributed by atoms with Crippen LogP contribution in [0.2, 0.25) is 0 Å². The fourth-order valence-electron chi connectivity index (χ4n) is 2.02. The largest absolute Gasteiger partial charge is 0.350 e. The van der Waals surface area contributed by atoms with Crippen molar-refractivity contribution < 1.29 is 9.59 Å². The molecule has 1 aliphatic carbocycles. The minimum Gasteiger partial charge on any atom is -0.350 e. The van der Waals surface area contributed by atoms with Crippen LogP contribution < -0.4 is 10.2 Å². The maximum Gasteiger partial charge on any atom is 0.230 e. The molecule has 2 amide bonds. The number of thiophene rings is 1. The van der Waals surface area contributed by atoms with Gasteiger partial charge >= 0.3 is 0 Å². The lowest BCUT2D eigenvalue weighted by Gasteiger charge is -2.15. The molecule has 6 nitrogen and oxygen atoms in total. The summed E-state index contributed by atoms with van der Waals surface area (Å²) in [7, 11) is 0. The molecule has 0 unspecified atom stereocenters. The van der Waals surface area contributed by atoms with Crippen LogP contribution in [0.15, 0.2) is 21.9 Å². The standard InChI is InChI=1S/C14H16N4O2S3/c1-9(19)18(10-4-5-10)13-16-17-14(23-13)22-8-12(20)15-7-11-3-2-6-21-11/h2-3,6,10H,4-5,7-8H2,1H3,(H,15,20). The Bertz CT molecular complexity index is 682. The number of hydrogen-bond acceptors (Lipinski definition) is 7. The summed E-state index contributed by atoms with van der Waals surface area (Å²) < 4.78 is 0.707. The molecule has 1 fully saturated rings. The molecule has 9 heteroatoms. The molecule has 0 radical (unpaired) electrons. The van der Waals surface area contributed by atoms with E-state index in [0.717, 1.165) is 17.7 Å². The summed E-state index contributed by atoms with van der Waals surface area (Å²) in [5.74, 6) is 0.253. The van der Waals surface area contributed by atoms with Gasteiger partial charge in [-0.3, -0.25) is 14.5 Å². The first-order valence-electron chi connectivity index (χ1n) is 7.18. The van der Waals surface area contributed by atoms with Crippen LogP contribution in [0.25, 0.3) is 0 Å². The summed E-state index contributed by atoms with van der Waals surface area (Å²) in [6, 6.07) is 4.22. The number of rotatable bonds is 7. The minimum absolute atomic E-state index is 0.00566. The monoisotopic (exact) mass is 368 g/mol. The van der Waals surface area contributed by atoms with E-state index in [0.29, 0.717) is 21.8 Å². The van der Waals surface area contributed by atoms with Crippen molar-refractivity contribution in [1.82, 2.24) is 15.5 Å². The second-order valence-electron chi connectivity index (χ2n) is 5.12. The third kappa shape index (κ3) is 4.52. The zero-order valence-corrected chi connectivity index (χ0v) is 15.0. The molecule has 2 aromatic heterocycles. The maximum absolute atomic E-state index is 11.8. The molecule has 122 valence electrons. The molecule has 1 saturated carbocycles. The molecule has 0 bridgehead atoms. The highest BCUT2D eigenvalue weighted by molar-refractivity contribution is 8.01. The van der Waals surface area contributed by atoms with Gasteiger partial charge in [0.05, 0.1) is 12.3 Å². The van der Waals surface area contributed by atoms with Crippen LogP contribution in [0.4, 0.5) is 5.13 Å². The van der Waals surface area contributed by atoms with E-state index in [1.807, 2.05) is 17.5 Å². The molecule has 0 spiro atoms. The highest BCUT2D eigenvalue weighted by Crippen LogP contribution is 2.35. The Kier molecular flexibility index (Phi) is 5.29. The Hall–Kier alpha value is -1.45. The minimum atomic E-state index is -0.0363. The first-order valence-corrected chi connectivity index (χ1v) is 9.87. The van der Waals surface area contributed by atoms with Gasteiger partial charge in [0, 0.05) is 17.8 Å². The third-order valence-corrected chi connectivity index (χ3v) is 6.15. The first kappa shape index (κ1) is 16.4. The van der Waals surface area contributed by atoms with E-state index in [2.05, 4.69) is 15.5 Å². The van der Waals surface area contributed by atoms with Gasteiger partial charge in [-0.15, -0.1) is 21.5 Å². The van der Waals surface area contributed by atoms with Crippen LogP contribution in [0.1, 0.15) is 24.6 Å². The predicted molar refractivity (Wildman–Crippen MR) is 93.0 cm³/mol. The number of nitrogens with one attached hydrogen (secondary N) is 1. The molecule has 0 aliphatic heterocycles. The lowest BCUT2D eigenvalue weighted by molar-refractivity contribution is -0.119. The Morgan fingerprint density at radius 1 is 1.43 bits per heavy atom. The lowest BCUT2D eigenvalue weighted by Crippen LogP contribution is -2.30. The van der Waals surface area contributed by atoms with Gasteiger partial charge in [0.25, 0.3) is 0 Å². The summed E-state index contributed by atoms with van der Waals surface area (Å²) in [6.07, 6.45) is 2.04. The fraction of sp³-hybridized carbons (Fsp3) is 0.429. The van der Waals surface area contributed by atoms with Gasteiger partial charge < -0.3 is 5.32 Å². The first-order chi connectivity index (χ1) is 11.1. The van der Waals surface area contributed by atoms with E-state index in [1.54, 1.807) is 23.2 Å². The molecular formula is C14H16N4O2S3. The van der Waals surface area contributed by atoms with Crippen LogP contribution in [-0.2, 0) is 16.1 Å². The second kappa shape index (κ2) is 7.41. The van der Waals surface area contributed by atoms with Gasteiger partial charge in [0.15, 0.2) is 4.34 Å². The van der Waals surface area contributed by atoms with Crippen molar-refractivity contribution in [2.24, 2.45) is 0 Å². The Balaban J connectivity index is 1.48. The lowest BCUT2D eigenvalue weighted by atomic mass is 10.4. The van der Waals surface area contributed by atoms with Crippen molar-refractivity contribution in [3.8, 4) is 0 Å². The van der Waals surface area contributed by atoms with Crippen LogP contribution in [0, 0.1) is 0 Å². The number of amides is 2. The summed E-state index contributed by atoms with van der Waals surface area (Å²) in [5.41, 5.74) is 0. The molecule has 2 heterocycles. The zero-order valence-electron chi connectivity index (χ0n) is 12.5. The average Bonchev–Trinajstić information content (AvgIpc) is 3.02. The number of anilines is 1. The average molecular weight is 369 g/mol. The van der Waals surface area contributed by atoms with Crippen molar-refractivity contribution in [2.45, 2.75) is 36.7 Å². The molecule has 1 aliphatic rings. The summed E-state index contributed by atoms with van der Waals surface area (Å²) >= 11 is 4.33. The summed E-state index contributed by atoms with van der Waals surface area (Å²) in [4.78, 5) is 26.4. The number of carbonyl (C=O) groups excluding carboxylic acids is 2. The highest BCUT2D eigenvalue weighted by Gasteiger charge is 2.34. The van der Waals surface area contributed by atoms with Gasteiger partial charge in [-0.25, -0.2) is 0 Å². The van der Waals surface area contributed by atoms with Crippen LogP contribution in [-0.4, -0.2) is 33.8 Å². The van der Waals surface area contributed by atoms with Gasteiger partial charge in [0.2, 0.25) is 16.9 Å². The molecule has 2 aromatic rings. The van der Waals surface area contributed by atoms with Crippen molar-refractivity contribution >= 4 is 51.4 Å². The normalized spacial score (nSPS) is 13.8. The van der Waals surface area contributed by atoms with Crippen LogP contribution in [0.3, 0.4) is 0 Å². The maximum atomic E-state index is 11.8. The van der Waals surface area contributed by atoms with E-state index in [-0.39, 0.29) is 17.9 Å². The molecule has 3 rings (SSSR count). The van der Waals surface area contributed by atoms with Crippen molar-refractivity contribution in [1.29, 1.82) is 0 Å². The molecule has 0 aromatic carbocycles. The van der Waals surface area contributed by atoms with E-state index < -0.39 is 0 Å². The molecule has 23 heavy (non-hydrogen) atoms. The smallest absolute Gasteiger partial charge is 0.230 e.